The fourth-order valence-corrected chi connectivity index (χ4v) is 4.07. The van der Waals surface area contributed by atoms with Crippen LogP contribution in [0, 0.1) is 5.92 Å². The molecule has 1 aliphatic heterocycles. The molecule has 5 nitrogen and oxygen atoms in total. The molecule has 0 unspecified atom stereocenters. The van der Waals surface area contributed by atoms with Crippen LogP contribution < -0.4 is 10.6 Å². The van der Waals surface area contributed by atoms with Gasteiger partial charge in [-0.25, -0.2) is 4.79 Å². The van der Waals surface area contributed by atoms with Crippen molar-refractivity contribution in [3.63, 3.8) is 0 Å². The van der Waals surface area contributed by atoms with Crippen LogP contribution in [0.1, 0.15) is 19.3 Å². The number of urea groups is 1. The van der Waals surface area contributed by atoms with E-state index in [-0.39, 0.29) is 17.9 Å². The highest BCUT2D eigenvalue weighted by Crippen LogP contribution is 2.20. The molecule has 1 aliphatic rings. The molecular formula is C22H27N3O2S. The van der Waals surface area contributed by atoms with Gasteiger partial charge >= 0.3 is 6.03 Å². The van der Waals surface area contributed by atoms with Gasteiger partial charge in [0.05, 0.1) is 0 Å². The van der Waals surface area contributed by atoms with Gasteiger partial charge in [-0.3, -0.25) is 4.79 Å². The Labute approximate surface area is 170 Å². The number of likely N-dealkylation sites (tertiary alicyclic amines) is 1. The number of rotatable bonds is 7. The summed E-state index contributed by atoms with van der Waals surface area (Å²) in [7, 11) is 0. The molecule has 0 aromatic heterocycles. The molecule has 2 N–H and O–H groups in total. The Hall–Kier alpha value is -2.47. The summed E-state index contributed by atoms with van der Waals surface area (Å²) < 4.78 is 0. The van der Waals surface area contributed by atoms with Crippen molar-refractivity contribution >= 4 is 29.4 Å². The predicted molar refractivity (Wildman–Crippen MR) is 115 cm³/mol. The maximum absolute atomic E-state index is 12.4. The van der Waals surface area contributed by atoms with Crippen molar-refractivity contribution in [1.29, 1.82) is 0 Å². The molecule has 0 atom stereocenters. The first-order chi connectivity index (χ1) is 13.7. The van der Waals surface area contributed by atoms with E-state index < -0.39 is 0 Å². The average molecular weight is 398 g/mol. The third-order valence-electron chi connectivity index (χ3n) is 4.80. The molecule has 1 fully saturated rings. The van der Waals surface area contributed by atoms with Crippen LogP contribution in [0.5, 0.6) is 0 Å². The maximum Gasteiger partial charge on any atom is 0.317 e. The van der Waals surface area contributed by atoms with E-state index in [4.69, 9.17) is 0 Å². The lowest BCUT2D eigenvalue weighted by atomic mass is 9.96. The molecule has 0 radical (unpaired) electrons. The molecule has 2 aromatic carbocycles. The van der Waals surface area contributed by atoms with Gasteiger partial charge in [0.1, 0.15) is 0 Å². The van der Waals surface area contributed by atoms with E-state index in [1.54, 1.807) is 11.8 Å². The zero-order valence-corrected chi connectivity index (χ0v) is 16.8. The summed E-state index contributed by atoms with van der Waals surface area (Å²) in [5.41, 5.74) is 0.820. The van der Waals surface area contributed by atoms with Crippen molar-refractivity contribution in [3.05, 3.63) is 60.7 Å². The normalized spacial score (nSPS) is 14.5. The van der Waals surface area contributed by atoms with Crippen LogP contribution in [0.2, 0.25) is 0 Å². The van der Waals surface area contributed by atoms with Crippen LogP contribution in [-0.2, 0) is 4.79 Å². The number of thioether (sulfide) groups is 1. The second-order valence-electron chi connectivity index (χ2n) is 6.86. The number of benzene rings is 2. The number of hydrogen-bond acceptors (Lipinski definition) is 3. The molecule has 6 heteroatoms. The lowest BCUT2D eigenvalue weighted by molar-refractivity contribution is -0.121. The number of piperidine rings is 1. The smallest absolute Gasteiger partial charge is 0.317 e. The van der Waals surface area contributed by atoms with E-state index in [0.717, 1.165) is 17.9 Å². The summed E-state index contributed by atoms with van der Waals surface area (Å²) in [5, 5.41) is 5.95. The Morgan fingerprint density at radius 3 is 2.29 bits per heavy atom. The van der Waals surface area contributed by atoms with E-state index in [2.05, 4.69) is 22.8 Å². The summed E-state index contributed by atoms with van der Waals surface area (Å²) in [6.07, 6.45) is 2.34. The number of amides is 3. The van der Waals surface area contributed by atoms with Crippen molar-refractivity contribution < 1.29 is 9.59 Å². The third-order valence-corrected chi connectivity index (χ3v) is 5.90. The molecule has 2 aromatic rings. The van der Waals surface area contributed by atoms with Gasteiger partial charge in [-0.1, -0.05) is 36.4 Å². The van der Waals surface area contributed by atoms with Gasteiger partial charge in [0.15, 0.2) is 0 Å². The molecule has 28 heavy (non-hydrogen) atoms. The van der Waals surface area contributed by atoms with Gasteiger partial charge in [0.2, 0.25) is 5.91 Å². The monoisotopic (exact) mass is 397 g/mol. The zero-order valence-electron chi connectivity index (χ0n) is 16.0. The SMILES string of the molecule is O=C(Nc1ccccc1)C1CCN(C(=O)NCCCSc2ccccc2)CC1. The fraction of sp³-hybridized carbons (Fsp3) is 0.364. The van der Waals surface area contributed by atoms with Gasteiger partial charge in [0.25, 0.3) is 0 Å². The van der Waals surface area contributed by atoms with Crippen LogP contribution >= 0.6 is 11.8 Å². The number of nitrogens with one attached hydrogen (secondary N) is 2. The number of para-hydroxylation sites is 1. The Bertz CT molecular complexity index is 747. The van der Waals surface area contributed by atoms with Crippen LogP contribution in [0.25, 0.3) is 0 Å². The number of carbonyl (C=O) groups excluding carboxylic acids is 2. The second-order valence-corrected chi connectivity index (χ2v) is 8.03. The molecule has 0 spiro atoms. The summed E-state index contributed by atoms with van der Waals surface area (Å²) in [4.78, 5) is 27.7. The highest BCUT2D eigenvalue weighted by atomic mass is 32.2. The zero-order chi connectivity index (χ0) is 19.6. The average Bonchev–Trinajstić information content (AvgIpc) is 2.75. The highest BCUT2D eigenvalue weighted by Gasteiger charge is 2.27. The first-order valence-corrected chi connectivity index (χ1v) is 10.8. The molecule has 3 rings (SSSR count). The molecule has 1 saturated heterocycles. The van der Waals surface area contributed by atoms with E-state index in [1.807, 2.05) is 53.4 Å². The van der Waals surface area contributed by atoms with Crippen LogP contribution in [0.3, 0.4) is 0 Å². The van der Waals surface area contributed by atoms with Crippen LogP contribution in [0.15, 0.2) is 65.6 Å². The Kier molecular flexibility index (Phi) is 7.79. The van der Waals surface area contributed by atoms with Crippen molar-refractivity contribution in [2.45, 2.75) is 24.2 Å². The third kappa shape index (κ3) is 6.30. The lowest BCUT2D eigenvalue weighted by Crippen LogP contribution is -2.46. The van der Waals surface area contributed by atoms with Gasteiger partial charge in [-0.05, 0) is 49.3 Å². The summed E-state index contributed by atoms with van der Waals surface area (Å²) in [6.45, 7) is 1.92. The molecule has 3 amide bonds. The molecular weight excluding hydrogens is 370 g/mol. The van der Waals surface area contributed by atoms with Crippen LogP contribution in [0.4, 0.5) is 10.5 Å². The van der Waals surface area contributed by atoms with Crippen LogP contribution in [-0.4, -0.2) is 42.2 Å². The molecule has 0 bridgehead atoms. The highest BCUT2D eigenvalue weighted by molar-refractivity contribution is 7.99. The molecule has 0 saturated carbocycles. The Morgan fingerprint density at radius 1 is 0.964 bits per heavy atom. The number of carbonyl (C=O) groups is 2. The molecule has 0 aliphatic carbocycles. The summed E-state index contributed by atoms with van der Waals surface area (Å²) in [6, 6.07) is 19.8. The van der Waals surface area contributed by atoms with E-state index in [9.17, 15) is 9.59 Å². The first kappa shape index (κ1) is 20.3. The predicted octanol–water partition coefficient (Wildman–Crippen LogP) is 4.23. The summed E-state index contributed by atoms with van der Waals surface area (Å²) in [5.74, 6) is 0.988. The number of anilines is 1. The molecule has 1 heterocycles. The second kappa shape index (κ2) is 10.8. The van der Waals surface area contributed by atoms with Crippen molar-refractivity contribution in [3.8, 4) is 0 Å². The minimum Gasteiger partial charge on any atom is -0.338 e. The van der Waals surface area contributed by atoms with Crippen molar-refractivity contribution in [2.24, 2.45) is 5.92 Å². The Morgan fingerprint density at radius 2 is 1.61 bits per heavy atom. The Balaban J connectivity index is 1.30. The van der Waals surface area contributed by atoms with Crippen molar-refractivity contribution in [1.82, 2.24) is 10.2 Å². The van der Waals surface area contributed by atoms with Gasteiger partial charge in [0, 0.05) is 36.1 Å². The topological polar surface area (TPSA) is 61.4 Å². The van der Waals surface area contributed by atoms with E-state index in [1.165, 1.54) is 4.90 Å². The number of hydrogen-bond donors (Lipinski definition) is 2. The fourth-order valence-electron chi connectivity index (χ4n) is 3.20. The van der Waals surface area contributed by atoms with Crippen molar-refractivity contribution in [2.75, 3.05) is 30.7 Å². The molecule has 148 valence electrons. The largest absolute Gasteiger partial charge is 0.338 e. The van der Waals surface area contributed by atoms with E-state index in [0.29, 0.717) is 32.5 Å². The lowest BCUT2D eigenvalue weighted by Gasteiger charge is -2.31. The van der Waals surface area contributed by atoms with E-state index >= 15 is 0 Å². The minimum absolute atomic E-state index is 0.0216. The minimum atomic E-state index is -0.0356. The number of nitrogens with zero attached hydrogens (tertiary/aromatic N) is 1. The quantitative estimate of drug-likeness (QED) is 0.543. The standard InChI is InChI=1S/C22H27N3O2S/c26-21(24-19-8-3-1-4-9-19)18-12-15-25(16-13-18)22(27)23-14-7-17-28-20-10-5-2-6-11-20/h1-6,8-11,18H,7,12-17H2,(H,23,27)(H,24,26). The first-order valence-electron chi connectivity index (χ1n) is 9.79. The van der Waals surface area contributed by atoms with Gasteiger partial charge < -0.3 is 15.5 Å². The summed E-state index contributed by atoms with van der Waals surface area (Å²) >= 11 is 1.80. The van der Waals surface area contributed by atoms with Gasteiger partial charge in [-0.2, -0.15) is 0 Å². The van der Waals surface area contributed by atoms with Gasteiger partial charge in [-0.15, -0.1) is 11.8 Å². The maximum atomic E-state index is 12.4.